The highest BCUT2D eigenvalue weighted by Crippen LogP contribution is 2.05. The standard InChI is InChI=1S/C10H21O3/c1-3-8-12-10(6-5-7-11)13-9-4-2/h10H,3-9H2,1-2H3. The Morgan fingerprint density at radius 1 is 1.08 bits per heavy atom. The maximum atomic E-state index is 10.3. The molecule has 1 radical (unpaired) electrons. The molecule has 0 aromatic carbocycles. The molecule has 79 valence electrons. The minimum Gasteiger partial charge on any atom is -0.353 e. The van der Waals surface area contributed by atoms with Crippen molar-refractivity contribution in [2.75, 3.05) is 19.8 Å². The third-order valence-electron chi connectivity index (χ3n) is 1.60. The van der Waals surface area contributed by atoms with Gasteiger partial charge in [-0.1, -0.05) is 13.8 Å². The lowest BCUT2D eigenvalue weighted by Gasteiger charge is -2.17. The Balaban J connectivity index is 3.47. The van der Waals surface area contributed by atoms with Gasteiger partial charge in [-0.3, -0.25) is 0 Å². The highest BCUT2D eigenvalue weighted by molar-refractivity contribution is 4.46. The van der Waals surface area contributed by atoms with Crippen LogP contribution in [0.5, 0.6) is 0 Å². The Morgan fingerprint density at radius 2 is 1.62 bits per heavy atom. The van der Waals surface area contributed by atoms with Gasteiger partial charge in [-0.15, -0.1) is 0 Å². The summed E-state index contributed by atoms with van der Waals surface area (Å²) in [5.41, 5.74) is 0. The van der Waals surface area contributed by atoms with Crippen molar-refractivity contribution in [3.05, 3.63) is 0 Å². The summed E-state index contributed by atoms with van der Waals surface area (Å²) >= 11 is 0. The lowest BCUT2D eigenvalue weighted by molar-refractivity contribution is -0.147. The zero-order valence-corrected chi connectivity index (χ0v) is 8.75. The molecular weight excluding hydrogens is 168 g/mol. The molecule has 0 N–H and O–H groups in total. The van der Waals surface area contributed by atoms with Gasteiger partial charge in [0.1, 0.15) is 0 Å². The molecule has 0 bridgehead atoms. The molecule has 0 fully saturated rings. The second-order valence-electron chi connectivity index (χ2n) is 3.02. The van der Waals surface area contributed by atoms with Crippen molar-refractivity contribution in [2.24, 2.45) is 0 Å². The van der Waals surface area contributed by atoms with Gasteiger partial charge in [0.2, 0.25) is 0 Å². The van der Waals surface area contributed by atoms with Gasteiger partial charge in [0.25, 0.3) is 0 Å². The fourth-order valence-corrected chi connectivity index (χ4v) is 0.963. The maximum absolute atomic E-state index is 10.3. The predicted molar refractivity (Wildman–Crippen MR) is 51.1 cm³/mol. The van der Waals surface area contributed by atoms with Crippen LogP contribution in [0.3, 0.4) is 0 Å². The quantitative estimate of drug-likeness (QED) is 0.522. The van der Waals surface area contributed by atoms with Crippen molar-refractivity contribution in [1.82, 2.24) is 0 Å². The third kappa shape index (κ3) is 8.22. The summed E-state index contributed by atoms with van der Waals surface area (Å²) in [7, 11) is 0. The van der Waals surface area contributed by atoms with Crippen LogP contribution in [0.15, 0.2) is 0 Å². The monoisotopic (exact) mass is 189 g/mol. The summed E-state index contributed by atoms with van der Waals surface area (Å²) in [5.74, 6) is 0. The molecule has 0 aliphatic heterocycles. The van der Waals surface area contributed by atoms with Crippen LogP contribution in [0.2, 0.25) is 0 Å². The molecule has 0 aromatic rings. The van der Waals surface area contributed by atoms with E-state index in [0.29, 0.717) is 19.6 Å². The third-order valence-corrected chi connectivity index (χ3v) is 1.60. The number of rotatable bonds is 9. The van der Waals surface area contributed by atoms with Crippen LogP contribution >= 0.6 is 0 Å². The van der Waals surface area contributed by atoms with Crippen LogP contribution < -0.4 is 0 Å². The minimum absolute atomic E-state index is 0.0402. The van der Waals surface area contributed by atoms with E-state index in [1.807, 2.05) is 0 Å². The summed E-state index contributed by atoms with van der Waals surface area (Å²) in [4.78, 5) is 0. The summed E-state index contributed by atoms with van der Waals surface area (Å²) < 4.78 is 10.9. The van der Waals surface area contributed by atoms with Crippen LogP contribution in [-0.2, 0) is 14.6 Å². The smallest absolute Gasteiger partial charge is 0.157 e. The zero-order valence-electron chi connectivity index (χ0n) is 8.75. The van der Waals surface area contributed by atoms with Crippen LogP contribution in [-0.4, -0.2) is 26.1 Å². The molecule has 0 unspecified atom stereocenters. The van der Waals surface area contributed by atoms with Crippen LogP contribution in [0, 0.1) is 0 Å². The maximum Gasteiger partial charge on any atom is 0.157 e. The first kappa shape index (κ1) is 12.9. The van der Waals surface area contributed by atoms with Crippen molar-refractivity contribution in [3.63, 3.8) is 0 Å². The molecule has 0 saturated carbocycles. The van der Waals surface area contributed by atoms with Crippen molar-refractivity contribution >= 4 is 0 Å². The number of ether oxygens (including phenoxy) is 2. The van der Waals surface area contributed by atoms with E-state index >= 15 is 0 Å². The molecule has 0 aromatic heterocycles. The van der Waals surface area contributed by atoms with Gasteiger partial charge in [-0.05, 0) is 19.3 Å². The molecule has 0 saturated heterocycles. The summed E-state index contributed by atoms with van der Waals surface area (Å²) in [6, 6.07) is 0. The van der Waals surface area contributed by atoms with E-state index in [0.717, 1.165) is 19.3 Å². The molecule has 3 nitrogen and oxygen atoms in total. The molecule has 0 heterocycles. The molecule has 3 heteroatoms. The fourth-order valence-electron chi connectivity index (χ4n) is 0.963. The van der Waals surface area contributed by atoms with Crippen LogP contribution in [0.25, 0.3) is 0 Å². The first-order chi connectivity index (χ1) is 6.35. The SMILES string of the molecule is CCCOC(CCC[O])OCCC. The first-order valence-electron chi connectivity index (χ1n) is 5.16. The normalized spacial score (nSPS) is 11.1. The van der Waals surface area contributed by atoms with E-state index in [2.05, 4.69) is 13.8 Å². The topological polar surface area (TPSA) is 38.4 Å². The van der Waals surface area contributed by atoms with Gasteiger partial charge < -0.3 is 9.47 Å². The Hall–Kier alpha value is -0.120. The second kappa shape index (κ2) is 9.96. The largest absolute Gasteiger partial charge is 0.353 e. The van der Waals surface area contributed by atoms with Crippen molar-refractivity contribution in [3.8, 4) is 0 Å². The number of hydrogen-bond acceptors (Lipinski definition) is 2. The van der Waals surface area contributed by atoms with Gasteiger partial charge in [-0.25, -0.2) is 5.11 Å². The summed E-state index contributed by atoms with van der Waals surface area (Å²) in [6.45, 7) is 5.51. The van der Waals surface area contributed by atoms with Gasteiger partial charge >= 0.3 is 0 Å². The summed E-state index contributed by atoms with van der Waals surface area (Å²) in [5, 5.41) is 10.3. The minimum atomic E-state index is -0.158. The molecule has 0 amide bonds. The van der Waals surface area contributed by atoms with Crippen LogP contribution in [0.1, 0.15) is 39.5 Å². The average Bonchev–Trinajstić information content (AvgIpc) is 2.17. The Kier molecular flexibility index (Phi) is 9.87. The number of hydrogen-bond donors (Lipinski definition) is 0. The van der Waals surface area contributed by atoms with Gasteiger partial charge in [0.15, 0.2) is 6.29 Å². The highest BCUT2D eigenvalue weighted by atomic mass is 16.7. The molecule has 13 heavy (non-hydrogen) atoms. The Bertz CT molecular complexity index is 77.2. The molecule has 0 atom stereocenters. The highest BCUT2D eigenvalue weighted by Gasteiger charge is 2.07. The first-order valence-corrected chi connectivity index (χ1v) is 5.16. The molecule has 0 aliphatic rings. The zero-order chi connectivity index (χ0) is 9.94. The van der Waals surface area contributed by atoms with E-state index in [9.17, 15) is 5.11 Å². The van der Waals surface area contributed by atoms with Gasteiger partial charge in [0, 0.05) is 19.6 Å². The van der Waals surface area contributed by atoms with Crippen molar-refractivity contribution in [1.29, 1.82) is 0 Å². The Morgan fingerprint density at radius 3 is 2.00 bits per heavy atom. The van der Waals surface area contributed by atoms with Crippen LogP contribution in [0.4, 0.5) is 0 Å². The van der Waals surface area contributed by atoms with Crippen molar-refractivity contribution in [2.45, 2.75) is 45.8 Å². The molecular formula is C10H21O3. The Labute approximate surface area is 81.0 Å². The molecule has 0 rings (SSSR count). The molecule has 0 aliphatic carbocycles. The lowest BCUT2D eigenvalue weighted by Crippen LogP contribution is -2.18. The fraction of sp³-hybridized carbons (Fsp3) is 1.00. The lowest BCUT2D eigenvalue weighted by atomic mass is 10.3. The van der Waals surface area contributed by atoms with E-state index < -0.39 is 0 Å². The second-order valence-corrected chi connectivity index (χ2v) is 3.02. The van der Waals surface area contributed by atoms with Gasteiger partial charge in [-0.2, -0.15) is 0 Å². The van der Waals surface area contributed by atoms with E-state index in [1.54, 1.807) is 0 Å². The van der Waals surface area contributed by atoms with E-state index in [4.69, 9.17) is 9.47 Å². The van der Waals surface area contributed by atoms with Crippen molar-refractivity contribution < 1.29 is 14.6 Å². The van der Waals surface area contributed by atoms with Gasteiger partial charge in [0.05, 0.1) is 6.61 Å². The predicted octanol–water partition coefficient (Wildman–Crippen LogP) is 2.38. The van der Waals surface area contributed by atoms with E-state index in [1.165, 1.54) is 0 Å². The molecule has 0 spiro atoms. The average molecular weight is 189 g/mol. The van der Waals surface area contributed by atoms with E-state index in [-0.39, 0.29) is 12.9 Å². The summed E-state index contributed by atoms with van der Waals surface area (Å²) in [6.07, 6.45) is 3.18.